The fraction of sp³-hybridized carbons (Fsp3) is 0.0769. The highest BCUT2D eigenvalue weighted by Crippen LogP contribution is 2.28. The highest BCUT2D eigenvalue weighted by Gasteiger charge is 2.07. The van der Waals surface area contributed by atoms with Crippen molar-refractivity contribution in [2.24, 2.45) is 0 Å². The SMILES string of the molecule is CSc1ccc(Nc2nc(N)nc3sccc23)cc1. The number of benzene rings is 1. The monoisotopic (exact) mass is 288 g/mol. The van der Waals surface area contributed by atoms with Crippen LogP contribution in [0.5, 0.6) is 0 Å². The van der Waals surface area contributed by atoms with Crippen LogP contribution in [0.4, 0.5) is 17.5 Å². The van der Waals surface area contributed by atoms with Gasteiger partial charge in [-0.15, -0.1) is 23.1 Å². The van der Waals surface area contributed by atoms with Crippen molar-refractivity contribution in [2.75, 3.05) is 17.3 Å². The molecule has 3 rings (SSSR count). The summed E-state index contributed by atoms with van der Waals surface area (Å²) in [6.07, 6.45) is 2.06. The first-order chi connectivity index (χ1) is 9.26. The van der Waals surface area contributed by atoms with Crippen molar-refractivity contribution >= 4 is 50.8 Å². The molecule has 4 nitrogen and oxygen atoms in total. The molecule has 0 radical (unpaired) electrons. The van der Waals surface area contributed by atoms with Gasteiger partial charge >= 0.3 is 0 Å². The van der Waals surface area contributed by atoms with E-state index in [2.05, 4.69) is 33.7 Å². The third kappa shape index (κ3) is 2.50. The number of anilines is 3. The van der Waals surface area contributed by atoms with Gasteiger partial charge in [0.1, 0.15) is 10.6 Å². The molecule has 2 aromatic heterocycles. The van der Waals surface area contributed by atoms with Crippen molar-refractivity contribution in [2.45, 2.75) is 4.90 Å². The zero-order valence-electron chi connectivity index (χ0n) is 10.3. The molecule has 0 amide bonds. The summed E-state index contributed by atoms with van der Waals surface area (Å²) in [5.41, 5.74) is 6.71. The molecule has 19 heavy (non-hydrogen) atoms. The van der Waals surface area contributed by atoms with Crippen LogP contribution in [-0.2, 0) is 0 Å². The summed E-state index contributed by atoms with van der Waals surface area (Å²) in [7, 11) is 0. The second-order valence-electron chi connectivity index (χ2n) is 3.92. The number of rotatable bonds is 3. The van der Waals surface area contributed by atoms with Crippen LogP contribution >= 0.6 is 23.1 Å². The lowest BCUT2D eigenvalue weighted by Crippen LogP contribution is -2.00. The predicted octanol–water partition coefficient (Wildman–Crippen LogP) is 3.74. The van der Waals surface area contributed by atoms with Crippen molar-refractivity contribution in [3.63, 3.8) is 0 Å². The minimum Gasteiger partial charge on any atom is -0.368 e. The summed E-state index contributed by atoms with van der Waals surface area (Å²) < 4.78 is 0. The number of hydrogen-bond donors (Lipinski definition) is 2. The number of aromatic nitrogens is 2. The minimum absolute atomic E-state index is 0.290. The smallest absolute Gasteiger partial charge is 0.223 e. The van der Waals surface area contributed by atoms with Gasteiger partial charge in [-0.05, 0) is 42.0 Å². The molecule has 0 unspecified atom stereocenters. The highest BCUT2D eigenvalue weighted by atomic mass is 32.2. The zero-order chi connectivity index (χ0) is 13.2. The van der Waals surface area contributed by atoms with Crippen LogP contribution in [0.3, 0.4) is 0 Å². The molecule has 0 spiro atoms. The van der Waals surface area contributed by atoms with Crippen molar-refractivity contribution in [3.8, 4) is 0 Å². The summed E-state index contributed by atoms with van der Waals surface area (Å²) in [5.74, 6) is 1.04. The lowest BCUT2D eigenvalue weighted by molar-refractivity contribution is 1.24. The van der Waals surface area contributed by atoms with E-state index in [0.717, 1.165) is 21.7 Å². The largest absolute Gasteiger partial charge is 0.368 e. The molecule has 2 heterocycles. The predicted molar refractivity (Wildman–Crippen MR) is 83.3 cm³/mol. The van der Waals surface area contributed by atoms with Crippen LogP contribution in [0.2, 0.25) is 0 Å². The molecule has 1 aromatic carbocycles. The van der Waals surface area contributed by atoms with Crippen molar-refractivity contribution in [3.05, 3.63) is 35.7 Å². The number of nitrogens with zero attached hydrogens (tertiary/aromatic N) is 2. The molecule has 0 saturated carbocycles. The Morgan fingerprint density at radius 2 is 1.95 bits per heavy atom. The Balaban J connectivity index is 1.97. The Hall–Kier alpha value is -1.79. The quantitative estimate of drug-likeness (QED) is 0.719. The van der Waals surface area contributed by atoms with Gasteiger partial charge in [-0.25, -0.2) is 4.98 Å². The van der Waals surface area contributed by atoms with Gasteiger partial charge in [0, 0.05) is 10.6 Å². The topological polar surface area (TPSA) is 63.8 Å². The Labute approximate surface area is 119 Å². The Morgan fingerprint density at radius 1 is 1.16 bits per heavy atom. The van der Waals surface area contributed by atoms with E-state index in [1.165, 1.54) is 4.90 Å². The van der Waals surface area contributed by atoms with Crippen LogP contribution in [0.1, 0.15) is 0 Å². The Kier molecular flexibility index (Phi) is 3.27. The van der Waals surface area contributed by atoms with Crippen molar-refractivity contribution in [1.29, 1.82) is 0 Å². The molecule has 0 saturated heterocycles. The third-order valence-corrected chi connectivity index (χ3v) is 4.25. The molecule has 6 heteroatoms. The fourth-order valence-electron chi connectivity index (χ4n) is 1.78. The van der Waals surface area contributed by atoms with Crippen LogP contribution in [0.25, 0.3) is 10.2 Å². The van der Waals surface area contributed by atoms with E-state index in [1.807, 2.05) is 23.6 Å². The van der Waals surface area contributed by atoms with Gasteiger partial charge in [-0.2, -0.15) is 4.98 Å². The van der Waals surface area contributed by atoms with Crippen LogP contribution in [0.15, 0.2) is 40.6 Å². The van der Waals surface area contributed by atoms with Gasteiger partial charge in [0.25, 0.3) is 0 Å². The van der Waals surface area contributed by atoms with Crippen LogP contribution in [0, 0.1) is 0 Å². The molecule has 96 valence electrons. The average Bonchev–Trinajstić information content (AvgIpc) is 2.88. The maximum atomic E-state index is 5.72. The number of hydrogen-bond acceptors (Lipinski definition) is 6. The second kappa shape index (κ2) is 5.07. The van der Waals surface area contributed by atoms with Gasteiger partial charge in [0.05, 0.1) is 5.39 Å². The summed E-state index contributed by atoms with van der Waals surface area (Å²) >= 11 is 3.28. The van der Waals surface area contributed by atoms with E-state index < -0.39 is 0 Å². The van der Waals surface area contributed by atoms with Gasteiger partial charge in [-0.3, -0.25) is 0 Å². The normalized spacial score (nSPS) is 10.8. The molecule has 0 fully saturated rings. The average molecular weight is 288 g/mol. The van der Waals surface area contributed by atoms with Crippen LogP contribution < -0.4 is 11.1 Å². The zero-order valence-corrected chi connectivity index (χ0v) is 11.9. The molecule has 0 bridgehead atoms. The fourth-order valence-corrected chi connectivity index (χ4v) is 2.96. The van der Waals surface area contributed by atoms with E-state index in [-0.39, 0.29) is 5.95 Å². The lowest BCUT2D eigenvalue weighted by Gasteiger charge is -2.07. The minimum atomic E-state index is 0.290. The molecular formula is C13H12N4S2. The number of nitrogens with two attached hydrogens (primary N) is 1. The lowest BCUT2D eigenvalue weighted by atomic mass is 10.3. The van der Waals surface area contributed by atoms with E-state index >= 15 is 0 Å². The molecule has 0 aliphatic carbocycles. The molecular weight excluding hydrogens is 276 g/mol. The maximum Gasteiger partial charge on any atom is 0.223 e. The summed E-state index contributed by atoms with van der Waals surface area (Å²) in [6, 6.07) is 10.2. The number of nitrogens with one attached hydrogen (secondary N) is 1. The van der Waals surface area contributed by atoms with E-state index in [0.29, 0.717) is 0 Å². The Morgan fingerprint density at radius 3 is 2.68 bits per heavy atom. The number of thioether (sulfide) groups is 1. The third-order valence-electron chi connectivity index (χ3n) is 2.70. The number of fused-ring (bicyclic) bond motifs is 1. The Bertz CT molecular complexity index is 706. The summed E-state index contributed by atoms with van der Waals surface area (Å²) in [5, 5.41) is 6.27. The first-order valence-corrected chi connectivity index (χ1v) is 7.78. The van der Waals surface area contributed by atoms with Gasteiger partial charge in [0.15, 0.2) is 0 Å². The first-order valence-electron chi connectivity index (χ1n) is 5.68. The molecule has 0 aliphatic heterocycles. The van der Waals surface area contributed by atoms with E-state index in [1.54, 1.807) is 23.1 Å². The number of thiophene rings is 1. The van der Waals surface area contributed by atoms with Gasteiger partial charge in [0.2, 0.25) is 5.95 Å². The van der Waals surface area contributed by atoms with Crippen molar-refractivity contribution < 1.29 is 0 Å². The van der Waals surface area contributed by atoms with Gasteiger partial charge < -0.3 is 11.1 Å². The molecule has 3 aromatic rings. The summed E-state index contributed by atoms with van der Waals surface area (Å²) in [4.78, 5) is 10.6. The summed E-state index contributed by atoms with van der Waals surface area (Å²) in [6.45, 7) is 0. The standard InChI is InChI=1S/C13H12N4S2/c1-18-9-4-2-8(3-5-9)15-11-10-6-7-19-12(10)17-13(14)16-11/h2-7H,1H3,(H3,14,15,16,17). The molecule has 0 aliphatic rings. The van der Waals surface area contributed by atoms with Crippen LogP contribution in [-0.4, -0.2) is 16.2 Å². The maximum absolute atomic E-state index is 5.72. The molecule has 3 N–H and O–H groups in total. The van der Waals surface area contributed by atoms with Crippen molar-refractivity contribution in [1.82, 2.24) is 9.97 Å². The first kappa shape index (κ1) is 12.3. The highest BCUT2D eigenvalue weighted by molar-refractivity contribution is 7.98. The van der Waals surface area contributed by atoms with Gasteiger partial charge in [-0.1, -0.05) is 0 Å². The number of nitrogen functional groups attached to an aromatic ring is 1. The molecule has 0 atom stereocenters. The second-order valence-corrected chi connectivity index (χ2v) is 5.70. The van der Waals surface area contributed by atoms with E-state index in [4.69, 9.17) is 5.73 Å². The van der Waals surface area contributed by atoms with E-state index in [9.17, 15) is 0 Å².